The van der Waals surface area contributed by atoms with Crippen LogP contribution in [0.2, 0.25) is 0 Å². The van der Waals surface area contributed by atoms with Crippen LogP contribution in [-0.4, -0.2) is 21.2 Å². The molecule has 0 unspecified atom stereocenters. The number of rotatable bonds is 9. The molecule has 0 fully saturated rings. The van der Waals surface area contributed by atoms with Gasteiger partial charge in [-0.05, 0) is 76.2 Å². The number of hydrogen-bond donors (Lipinski definition) is 3. The number of nitrogens with one attached hydrogen (secondary N) is 1. The highest BCUT2D eigenvalue weighted by molar-refractivity contribution is 14.1. The summed E-state index contributed by atoms with van der Waals surface area (Å²) >= 11 is 1.62. The number of halogens is 4. The number of alkyl halides is 3. The monoisotopic (exact) mass is 645 g/mol. The molecule has 0 aliphatic carbocycles. The van der Waals surface area contributed by atoms with Gasteiger partial charge in [-0.3, -0.25) is 20.6 Å². The van der Waals surface area contributed by atoms with Crippen LogP contribution < -0.4 is 15.9 Å². The zero-order valence-electron chi connectivity index (χ0n) is 20.3. The Morgan fingerprint density at radius 1 is 1.03 bits per heavy atom. The summed E-state index contributed by atoms with van der Waals surface area (Å²) in [6.45, 7) is 0.428. The van der Waals surface area contributed by atoms with Crippen molar-refractivity contribution in [3.63, 3.8) is 0 Å². The maximum absolute atomic E-state index is 13.1. The van der Waals surface area contributed by atoms with Gasteiger partial charge in [0.05, 0.1) is 24.0 Å². The second kappa shape index (κ2) is 12.6. The van der Waals surface area contributed by atoms with Crippen LogP contribution in [0.1, 0.15) is 22.4 Å². The molecule has 0 aliphatic heterocycles. The third kappa shape index (κ3) is 8.19. The summed E-state index contributed by atoms with van der Waals surface area (Å²) in [5.74, 6) is 1.30. The Morgan fingerprint density at radius 3 is 2.56 bits per heavy atom. The topological polar surface area (TPSA) is 96.0 Å². The number of anilines is 1. The van der Waals surface area contributed by atoms with Crippen molar-refractivity contribution in [2.45, 2.75) is 12.7 Å². The van der Waals surface area contributed by atoms with E-state index in [0.29, 0.717) is 34.5 Å². The molecule has 1 heterocycles. The SMILES string of the molecule is NC(=NCc1ccccc1)c1cc(Oc2cccc(/C=C/N(O)Nc3ccc(I)c(C(F)(F)F)c3)c2)ccn1. The molecule has 11 heteroatoms. The van der Waals surface area contributed by atoms with Crippen LogP contribution in [-0.2, 0) is 12.7 Å². The summed E-state index contributed by atoms with van der Waals surface area (Å²) in [5, 5.41) is 10.7. The highest BCUT2D eigenvalue weighted by Crippen LogP contribution is 2.34. The van der Waals surface area contributed by atoms with E-state index in [9.17, 15) is 18.4 Å². The zero-order valence-corrected chi connectivity index (χ0v) is 22.5. The molecule has 7 nitrogen and oxygen atoms in total. The van der Waals surface area contributed by atoms with Crippen LogP contribution in [0.3, 0.4) is 0 Å². The van der Waals surface area contributed by atoms with Gasteiger partial charge in [-0.25, -0.2) is 0 Å². The molecule has 0 amide bonds. The van der Waals surface area contributed by atoms with E-state index in [1.165, 1.54) is 18.3 Å². The molecular weight excluding hydrogens is 622 g/mol. The molecule has 4 aromatic rings. The van der Waals surface area contributed by atoms with E-state index in [1.54, 1.807) is 71.3 Å². The minimum atomic E-state index is -4.50. The number of hydroxylamine groups is 1. The number of benzene rings is 3. The van der Waals surface area contributed by atoms with E-state index in [1.807, 2.05) is 30.3 Å². The summed E-state index contributed by atoms with van der Waals surface area (Å²) in [6, 6.07) is 23.8. The van der Waals surface area contributed by atoms with Crippen LogP contribution >= 0.6 is 22.6 Å². The van der Waals surface area contributed by atoms with Gasteiger partial charge in [-0.2, -0.15) is 18.3 Å². The van der Waals surface area contributed by atoms with Gasteiger partial charge in [0.1, 0.15) is 23.0 Å². The fraction of sp³-hybridized carbons (Fsp3) is 0.0714. The maximum Gasteiger partial charge on any atom is 0.417 e. The Kier molecular flexibility index (Phi) is 9.04. The van der Waals surface area contributed by atoms with Crippen molar-refractivity contribution in [1.82, 2.24) is 10.2 Å². The van der Waals surface area contributed by atoms with E-state index >= 15 is 0 Å². The Bertz CT molecular complexity index is 1480. The van der Waals surface area contributed by atoms with E-state index in [2.05, 4.69) is 15.4 Å². The largest absolute Gasteiger partial charge is 0.457 e. The number of aliphatic imine (C=N–C) groups is 1. The fourth-order valence-corrected chi connectivity index (χ4v) is 4.05. The number of amidine groups is 1. The number of nitrogens with zero attached hydrogens (tertiary/aromatic N) is 3. The molecule has 0 saturated carbocycles. The van der Waals surface area contributed by atoms with Gasteiger partial charge in [-0.15, -0.1) is 0 Å². The average Bonchev–Trinajstić information content (AvgIpc) is 2.92. The Hall–Kier alpha value is -4.10. The van der Waals surface area contributed by atoms with Gasteiger partial charge in [-0.1, -0.05) is 42.5 Å². The van der Waals surface area contributed by atoms with E-state index in [0.717, 1.165) is 11.6 Å². The third-order valence-corrected chi connectivity index (χ3v) is 6.23. The third-order valence-electron chi connectivity index (χ3n) is 5.29. The molecule has 0 radical (unpaired) electrons. The van der Waals surface area contributed by atoms with Crippen molar-refractivity contribution in [1.29, 1.82) is 0 Å². The second-order valence-corrected chi connectivity index (χ2v) is 9.37. The Balaban J connectivity index is 1.40. The van der Waals surface area contributed by atoms with E-state index < -0.39 is 11.7 Å². The van der Waals surface area contributed by atoms with Gasteiger partial charge in [0.15, 0.2) is 0 Å². The molecule has 0 atom stereocenters. The molecule has 200 valence electrons. The van der Waals surface area contributed by atoms with Gasteiger partial charge in [0, 0.05) is 15.8 Å². The Labute approximate surface area is 236 Å². The molecule has 0 aliphatic rings. The first kappa shape index (κ1) is 27.9. The highest BCUT2D eigenvalue weighted by Gasteiger charge is 2.33. The Morgan fingerprint density at radius 2 is 1.79 bits per heavy atom. The molecule has 39 heavy (non-hydrogen) atoms. The molecule has 0 bridgehead atoms. The molecule has 0 saturated heterocycles. The smallest absolute Gasteiger partial charge is 0.417 e. The van der Waals surface area contributed by atoms with Gasteiger partial charge in [0.25, 0.3) is 0 Å². The van der Waals surface area contributed by atoms with Crippen LogP contribution in [0, 0.1) is 3.57 Å². The van der Waals surface area contributed by atoms with Crippen molar-refractivity contribution < 1.29 is 23.1 Å². The first-order chi connectivity index (χ1) is 18.7. The number of ether oxygens (including phenoxy) is 1. The summed E-state index contributed by atoms with van der Waals surface area (Å²) < 4.78 is 45.4. The van der Waals surface area contributed by atoms with Gasteiger partial charge in [0.2, 0.25) is 0 Å². The molecule has 1 aromatic heterocycles. The number of nitrogens with two attached hydrogens (primary N) is 1. The average molecular weight is 645 g/mol. The van der Waals surface area contributed by atoms with Gasteiger partial charge >= 0.3 is 6.18 Å². The van der Waals surface area contributed by atoms with Crippen LogP contribution in [0.25, 0.3) is 6.08 Å². The number of aromatic nitrogens is 1. The second-order valence-electron chi connectivity index (χ2n) is 8.20. The number of hydrazine groups is 1. The standard InChI is InChI=1S/C28H23F3IN5O2/c29-28(30,31)24-16-21(9-10-25(24)32)36-37(38)14-12-19-7-4-8-22(15-19)39-23-11-13-34-26(17-23)27(33)35-18-20-5-2-1-3-6-20/h1-17,36,38H,18H2,(H2,33,35)/b14-12+. The molecule has 3 aromatic carbocycles. The van der Waals surface area contributed by atoms with E-state index in [-0.39, 0.29) is 15.1 Å². The van der Waals surface area contributed by atoms with Crippen molar-refractivity contribution in [2.75, 3.05) is 5.43 Å². The lowest BCUT2D eigenvalue weighted by Crippen LogP contribution is -2.20. The zero-order chi connectivity index (χ0) is 27.8. The highest BCUT2D eigenvalue weighted by atomic mass is 127. The maximum atomic E-state index is 13.1. The lowest BCUT2D eigenvalue weighted by Gasteiger charge is -2.17. The summed E-state index contributed by atoms with van der Waals surface area (Å²) in [6.07, 6.45) is -0.104. The molecule has 4 N–H and O–H groups in total. The molecular formula is C28H23F3IN5O2. The van der Waals surface area contributed by atoms with Gasteiger partial charge < -0.3 is 10.5 Å². The van der Waals surface area contributed by atoms with E-state index in [4.69, 9.17) is 10.5 Å². The minimum absolute atomic E-state index is 0.0611. The first-order valence-corrected chi connectivity index (χ1v) is 12.6. The van der Waals surface area contributed by atoms with Crippen LogP contribution in [0.15, 0.2) is 102 Å². The predicted octanol–water partition coefficient (Wildman–Crippen LogP) is 7.09. The first-order valence-electron chi connectivity index (χ1n) is 11.6. The predicted molar refractivity (Wildman–Crippen MR) is 152 cm³/mol. The molecule has 0 spiro atoms. The number of pyridine rings is 1. The number of hydrogen-bond acceptors (Lipinski definition) is 6. The molecule has 4 rings (SSSR count). The summed E-state index contributed by atoms with van der Waals surface area (Å²) in [5.41, 5.74) is 10.1. The lowest BCUT2D eigenvalue weighted by atomic mass is 10.2. The van der Waals surface area contributed by atoms with Crippen molar-refractivity contribution in [2.24, 2.45) is 10.7 Å². The van der Waals surface area contributed by atoms with Crippen LogP contribution in [0.4, 0.5) is 18.9 Å². The lowest BCUT2D eigenvalue weighted by molar-refractivity contribution is -0.138. The van der Waals surface area contributed by atoms with Crippen molar-refractivity contribution in [3.05, 3.63) is 123 Å². The summed E-state index contributed by atoms with van der Waals surface area (Å²) in [7, 11) is 0. The quantitative estimate of drug-likeness (QED) is 0.0779. The normalized spacial score (nSPS) is 12.0. The fourth-order valence-electron chi connectivity index (χ4n) is 3.41. The van der Waals surface area contributed by atoms with Crippen LogP contribution in [0.5, 0.6) is 11.5 Å². The minimum Gasteiger partial charge on any atom is -0.457 e. The van der Waals surface area contributed by atoms with Crippen molar-refractivity contribution >= 4 is 40.2 Å². The summed E-state index contributed by atoms with van der Waals surface area (Å²) in [4.78, 5) is 8.66. The van der Waals surface area contributed by atoms with Crippen molar-refractivity contribution in [3.8, 4) is 11.5 Å².